The van der Waals surface area contributed by atoms with E-state index in [4.69, 9.17) is 0 Å². The Labute approximate surface area is 114 Å². The maximum atomic E-state index is 12.0. The van der Waals surface area contributed by atoms with E-state index >= 15 is 0 Å². The highest BCUT2D eigenvalue weighted by Crippen LogP contribution is 2.32. The summed E-state index contributed by atoms with van der Waals surface area (Å²) in [6.45, 7) is 5.13. The summed E-state index contributed by atoms with van der Waals surface area (Å²) in [7, 11) is -4.48. The molecule has 0 spiro atoms. The van der Waals surface area contributed by atoms with Crippen LogP contribution in [0.4, 0.5) is 0 Å². The van der Waals surface area contributed by atoms with Crippen LogP contribution < -0.4 is 11.2 Å². The molecule has 0 atom stereocenters. The minimum atomic E-state index is -4.48. The van der Waals surface area contributed by atoms with Crippen molar-refractivity contribution in [1.29, 1.82) is 0 Å². The number of nitrogens with one attached hydrogen (secondary N) is 2. The third kappa shape index (κ3) is 2.39. The van der Waals surface area contributed by atoms with Crippen LogP contribution in [-0.4, -0.2) is 22.9 Å². The molecule has 0 aliphatic heterocycles. The first-order valence-electron chi connectivity index (χ1n) is 5.79. The van der Waals surface area contributed by atoms with Gasteiger partial charge < -0.3 is 4.98 Å². The summed E-state index contributed by atoms with van der Waals surface area (Å²) < 4.78 is 32.3. The number of aromatic nitrogens is 2. The van der Waals surface area contributed by atoms with Gasteiger partial charge in [0.15, 0.2) is 0 Å². The highest BCUT2D eigenvalue weighted by Gasteiger charge is 2.28. The second-order valence-electron chi connectivity index (χ2n) is 5.49. The lowest BCUT2D eigenvalue weighted by Crippen LogP contribution is -2.27. The zero-order valence-electron chi connectivity index (χ0n) is 11.1. The van der Waals surface area contributed by atoms with Crippen molar-refractivity contribution in [1.82, 2.24) is 9.97 Å². The molecule has 2 rings (SSSR count). The lowest BCUT2D eigenvalue weighted by molar-refractivity contribution is 0.477. The van der Waals surface area contributed by atoms with Gasteiger partial charge in [-0.05, 0) is 23.1 Å². The number of H-pyrrole nitrogens is 2. The highest BCUT2D eigenvalue weighted by atomic mass is 32.2. The summed E-state index contributed by atoms with van der Waals surface area (Å²) in [5, 5.41) is 0.0484. The van der Waals surface area contributed by atoms with Crippen molar-refractivity contribution in [3.05, 3.63) is 38.5 Å². The molecule has 1 heterocycles. The standard InChI is InChI=1S/C12H14N2O5S/c1-12(2,3)9-7(20(17,18)19)5-4-6-8(9)10(15)14-11(16)13-6/h4-5H,1-3H3,(H,17,18,19)(H2,13,14,15,16). The number of rotatable bonds is 1. The van der Waals surface area contributed by atoms with Gasteiger partial charge in [0.1, 0.15) is 0 Å². The molecule has 8 heteroatoms. The van der Waals surface area contributed by atoms with E-state index in [1.54, 1.807) is 20.8 Å². The molecule has 0 aliphatic carbocycles. The number of benzene rings is 1. The summed E-state index contributed by atoms with van der Waals surface area (Å²) in [5.74, 6) is 0. The fraction of sp³-hybridized carbons (Fsp3) is 0.333. The van der Waals surface area contributed by atoms with Crippen LogP contribution in [0.25, 0.3) is 10.9 Å². The molecular weight excluding hydrogens is 284 g/mol. The fourth-order valence-corrected chi connectivity index (χ4v) is 3.11. The van der Waals surface area contributed by atoms with E-state index in [-0.39, 0.29) is 21.4 Å². The number of hydrogen-bond acceptors (Lipinski definition) is 4. The Bertz CT molecular complexity index is 900. The molecule has 0 saturated carbocycles. The Morgan fingerprint density at radius 3 is 2.20 bits per heavy atom. The van der Waals surface area contributed by atoms with Gasteiger partial charge in [-0.15, -0.1) is 0 Å². The molecule has 3 N–H and O–H groups in total. The van der Waals surface area contributed by atoms with Crippen molar-refractivity contribution >= 4 is 21.0 Å². The van der Waals surface area contributed by atoms with Crippen LogP contribution in [0.5, 0.6) is 0 Å². The molecular formula is C12H14N2O5S. The van der Waals surface area contributed by atoms with Gasteiger partial charge in [0.05, 0.1) is 15.8 Å². The minimum absolute atomic E-state index is 0.0484. The summed E-state index contributed by atoms with van der Waals surface area (Å²) in [5.41, 5.74) is -1.72. The quantitative estimate of drug-likeness (QED) is 0.671. The second-order valence-corrected chi connectivity index (χ2v) is 6.88. The van der Waals surface area contributed by atoms with Crippen LogP contribution >= 0.6 is 0 Å². The van der Waals surface area contributed by atoms with E-state index in [1.165, 1.54) is 12.1 Å². The van der Waals surface area contributed by atoms with Gasteiger partial charge in [-0.25, -0.2) is 4.79 Å². The second kappa shape index (κ2) is 4.29. The summed E-state index contributed by atoms with van der Waals surface area (Å²) in [6, 6.07) is 2.46. The average Bonchev–Trinajstić information content (AvgIpc) is 2.24. The van der Waals surface area contributed by atoms with Gasteiger partial charge >= 0.3 is 5.69 Å². The molecule has 0 unspecified atom stereocenters. The molecule has 1 aromatic heterocycles. The third-order valence-electron chi connectivity index (χ3n) is 2.90. The van der Waals surface area contributed by atoms with Crippen molar-refractivity contribution in [3.8, 4) is 0 Å². The maximum Gasteiger partial charge on any atom is 0.326 e. The van der Waals surface area contributed by atoms with E-state index in [9.17, 15) is 22.6 Å². The first kappa shape index (κ1) is 14.5. The van der Waals surface area contributed by atoms with Gasteiger partial charge in [0, 0.05) is 0 Å². The van der Waals surface area contributed by atoms with Crippen LogP contribution in [0.1, 0.15) is 26.3 Å². The van der Waals surface area contributed by atoms with Crippen molar-refractivity contribution in [2.24, 2.45) is 0 Å². The molecule has 0 aliphatic rings. The first-order valence-corrected chi connectivity index (χ1v) is 7.23. The number of aromatic amines is 2. The normalized spacial score (nSPS) is 12.8. The van der Waals surface area contributed by atoms with Gasteiger partial charge in [-0.1, -0.05) is 20.8 Å². The van der Waals surface area contributed by atoms with E-state index in [2.05, 4.69) is 9.97 Å². The Morgan fingerprint density at radius 1 is 1.10 bits per heavy atom. The molecule has 2 aromatic rings. The van der Waals surface area contributed by atoms with Crippen molar-refractivity contribution < 1.29 is 13.0 Å². The van der Waals surface area contributed by atoms with Crippen molar-refractivity contribution in [2.45, 2.75) is 31.1 Å². The molecule has 7 nitrogen and oxygen atoms in total. The van der Waals surface area contributed by atoms with E-state index in [1.807, 2.05) is 0 Å². The van der Waals surface area contributed by atoms with Gasteiger partial charge in [0.2, 0.25) is 0 Å². The summed E-state index contributed by atoms with van der Waals surface area (Å²) in [4.78, 5) is 27.4. The number of hydrogen-bond donors (Lipinski definition) is 3. The fourth-order valence-electron chi connectivity index (χ4n) is 2.20. The average molecular weight is 298 g/mol. The van der Waals surface area contributed by atoms with E-state index in [0.29, 0.717) is 0 Å². The predicted molar refractivity (Wildman–Crippen MR) is 73.7 cm³/mol. The van der Waals surface area contributed by atoms with E-state index in [0.717, 1.165) is 0 Å². The molecule has 0 fully saturated rings. The molecule has 0 radical (unpaired) electrons. The highest BCUT2D eigenvalue weighted by molar-refractivity contribution is 7.85. The van der Waals surface area contributed by atoms with Gasteiger partial charge in [-0.2, -0.15) is 8.42 Å². The monoisotopic (exact) mass is 298 g/mol. The lowest BCUT2D eigenvalue weighted by atomic mass is 9.84. The molecule has 108 valence electrons. The van der Waals surface area contributed by atoms with Gasteiger partial charge in [0.25, 0.3) is 15.7 Å². The molecule has 0 amide bonds. The lowest BCUT2D eigenvalue weighted by Gasteiger charge is -2.23. The molecule has 1 aromatic carbocycles. The smallest absolute Gasteiger partial charge is 0.307 e. The van der Waals surface area contributed by atoms with Crippen LogP contribution in [-0.2, 0) is 15.5 Å². The zero-order valence-corrected chi connectivity index (χ0v) is 12.0. The minimum Gasteiger partial charge on any atom is -0.307 e. The SMILES string of the molecule is CC(C)(C)c1c(S(=O)(=O)O)ccc2[nH]c(=O)[nH]c(=O)c12. The summed E-state index contributed by atoms with van der Waals surface area (Å²) >= 11 is 0. The van der Waals surface area contributed by atoms with Crippen molar-refractivity contribution in [3.63, 3.8) is 0 Å². The predicted octanol–water partition coefficient (Wildman–Crippen LogP) is 0.761. The Kier molecular flexibility index (Phi) is 3.10. The van der Waals surface area contributed by atoms with E-state index < -0.39 is 26.8 Å². The van der Waals surface area contributed by atoms with Gasteiger partial charge in [-0.3, -0.25) is 14.3 Å². The van der Waals surface area contributed by atoms with Crippen molar-refractivity contribution in [2.75, 3.05) is 0 Å². The summed E-state index contributed by atoms with van der Waals surface area (Å²) in [6.07, 6.45) is 0. The van der Waals surface area contributed by atoms with Crippen LogP contribution in [0.2, 0.25) is 0 Å². The first-order chi connectivity index (χ1) is 9.01. The topological polar surface area (TPSA) is 120 Å². The molecule has 0 bridgehead atoms. The molecule has 20 heavy (non-hydrogen) atoms. The van der Waals surface area contributed by atoms with Crippen LogP contribution in [0.3, 0.4) is 0 Å². The third-order valence-corrected chi connectivity index (χ3v) is 3.79. The van der Waals surface area contributed by atoms with Crippen LogP contribution in [0.15, 0.2) is 26.6 Å². The van der Waals surface area contributed by atoms with Crippen LogP contribution in [0, 0.1) is 0 Å². The molecule has 0 saturated heterocycles. The largest absolute Gasteiger partial charge is 0.326 e. The Hall–Kier alpha value is -1.93. The maximum absolute atomic E-state index is 12.0. The number of fused-ring (bicyclic) bond motifs is 1. The zero-order chi connectivity index (χ0) is 15.3. The Morgan fingerprint density at radius 2 is 1.70 bits per heavy atom. The Balaban J connectivity index is 3.16.